The van der Waals surface area contributed by atoms with Gasteiger partial charge in [-0.1, -0.05) is 31.8 Å². The molecule has 21 heavy (non-hydrogen) atoms. The maximum atomic E-state index is 13.4. The fraction of sp³-hybridized carbons (Fsp3) is 0.438. The van der Waals surface area contributed by atoms with E-state index in [0.29, 0.717) is 16.9 Å². The van der Waals surface area contributed by atoms with Crippen LogP contribution in [0.3, 0.4) is 0 Å². The molecule has 0 atom stereocenters. The Hall–Kier alpha value is -1.91. The van der Waals surface area contributed by atoms with E-state index >= 15 is 0 Å². The predicted octanol–water partition coefficient (Wildman–Crippen LogP) is 4.89. The van der Waals surface area contributed by atoms with Gasteiger partial charge in [-0.3, -0.25) is 0 Å². The molecule has 0 unspecified atom stereocenters. The fourth-order valence-electron chi connectivity index (χ4n) is 2.69. The Bertz CT molecular complexity index is 584. The molecule has 0 saturated carbocycles. The lowest BCUT2D eigenvalue weighted by molar-refractivity contribution is 0.346. The van der Waals surface area contributed by atoms with E-state index in [2.05, 4.69) is 19.0 Å². The molecule has 0 aliphatic heterocycles. The Balaban J connectivity index is 2.50. The van der Waals surface area contributed by atoms with Crippen LogP contribution in [0.5, 0.6) is 0 Å². The van der Waals surface area contributed by atoms with Crippen molar-refractivity contribution < 1.29 is 13.3 Å². The molecule has 0 fully saturated rings. The molecule has 1 heterocycles. The van der Waals surface area contributed by atoms with E-state index in [1.165, 1.54) is 12.1 Å². The first-order valence-corrected chi connectivity index (χ1v) is 7.28. The quantitative estimate of drug-likeness (QED) is 0.825. The van der Waals surface area contributed by atoms with Crippen LogP contribution >= 0.6 is 0 Å². The summed E-state index contributed by atoms with van der Waals surface area (Å²) in [6.07, 6.45) is 3.82. The van der Waals surface area contributed by atoms with Crippen molar-refractivity contribution >= 4 is 5.82 Å². The number of aromatic nitrogens is 1. The van der Waals surface area contributed by atoms with E-state index in [-0.39, 0.29) is 11.7 Å². The average molecular weight is 294 g/mol. The van der Waals surface area contributed by atoms with Crippen molar-refractivity contribution in [2.45, 2.75) is 45.4 Å². The van der Waals surface area contributed by atoms with Crippen LogP contribution in [0.15, 0.2) is 22.7 Å². The third kappa shape index (κ3) is 3.40. The van der Waals surface area contributed by atoms with Gasteiger partial charge in [-0.15, -0.1) is 0 Å². The van der Waals surface area contributed by atoms with Crippen LogP contribution in [0.4, 0.5) is 14.6 Å². The van der Waals surface area contributed by atoms with Crippen molar-refractivity contribution in [1.82, 2.24) is 5.16 Å². The van der Waals surface area contributed by atoms with Crippen LogP contribution in [0.25, 0.3) is 11.1 Å². The molecule has 0 radical (unpaired) electrons. The summed E-state index contributed by atoms with van der Waals surface area (Å²) in [7, 11) is 0. The van der Waals surface area contributed by atoms with Gasteiger partial charge in [-0.2, -0.15) is 0 Å². The van der Waals surface area contributed by atoms with Gasteiger partial charge >= 0.3 is 0 Å². The molecule has 5 heteroatoms. The van der Waals surface area contributed by atoms with E-state index in [9.17, 15) is 8.78 Å². The van der Waals surface area contributed by atoms with Crippen LogP contribution in [-0.4, -0.2) is 5.16 Å². The Morgan fingerprint density at radius 2 is 1.67 bits per heavy atom. The van der Waals surface area contributed by atoms with E-state index in [0.717, 1.165) is 31.7 Å². The summed E-state index contributed by atoms with van der Waals surface area (Å²) >= 11 is 0. The zero-order chi connectivity index (χ0) is 15.4. The molecule has 2 rings (SSSR count). The van der Waals surface area contributed by atoms with Crippen molar-refractivity contribution in [3.8, 4) is 11.1 Å². The van der Waals surface area contributed by atoms with Crippen LogP contribution in [0, 0.1) is 11.6 Å². The van der Waals surface area contributed by atoms with Crippen molar-refractivity contribution in [2.75, 3.05) is 5.73 Å². The SMILES string of the molecule is CCCC(CCC)c1onc(N)c1-c1cc(F)cc(F)c1. The fourth-order valence-corrected chi connectivity index (χ4v) is 2.69. The van der Waals surface area contributed by atoms with Gasteiger partial charge in [0, 0.05) is 12.0 Å². The minimum Gasteiger partial charge on any atom is -0.380 e. The minimum absolute atomic E-state index is 0.158. The van der Waals surface area contributed by atoms with Crippen molar-refractivity contribution in [1.29, 1.82) is 0 Å². The van der Waals surface area contributed by atoms with Gasteiger partial charge in [0.2, 0.25) is 0 Å². The highest BCUT2D eigenvalue weighted by Crippen LogP contribution is 2.38. The number of hydrogen-bond donors (Lipinski definition) is 1. The summed E-state index contributed by atoms with van der Waals surface area (Å²) in [4.78, 5) is 0. The Labute approximate surface area is 123 Å². The zero-order valence-corrected chi connectivity index (χ0v) is 12.3. The normalized spacial score (nSPS) is 11.3. The lowest BCUT2D eigenvalue weighted by Crippen LogP contribution is -2.00. The third-order valence-corrected chi connectivity index (χ3v) is 3.54. The summed E-state index contributed by atoms with van der Waals surface area (Å²) < 4.78 is 32.3. The van der Waals surface area contributed by atoms with Crippen molar-refractivity contribution in [3.63, 3.8) is 0 Å². The number of rotatable bonds is 6. The molecule has 1 aromatic heterocycles. The van der Waals surface area contributed by atoms with E-state index in [1.54, 1.807) is 0 Å². The molecule has 0 amide bonds. The monoisotopic (exact) mass is 294 g/mol. The Kier molecular flexibility index (Phi) is 4.94. The van der Waals surface area contributed by atoms with Gasteiger partial charge in [-0.05, 0) is 30.5 Å². The summed E-state index contributed by atoms with van der Waals surface area (Å²) in [6, 6.07) is 3.34. The van der Waals surface area contributed by atoms with Crippen LogP contribution in [0.2, 0.25) is 0 Å². The largest absolute Gasteiger partial charge is 0.380 e. The van der Waals surface area contributed by atoms with Gasteiger partial charge in [0.25, 0.3) is 0 Å². The molecule has 3 nitrogen and oxygen atoms in total. The molecular weight excluding hydrogens is 274 g/mol. The highest BCUT2D eigenvalue weighted by molar-refractivity contribution is 5.76. The highest BCUT2D eigenvalue weighted by atomic mass is 19.1. The van der Waals surface area contributed by atoms with Gasteiger partial charge in [-0.25, -0.2) is 8.78 Å². The standard InChI is InChI=1S/C16H20F2N2O/c1-3-5-10(6-4-2)15-14(16(19)20-21-15)11-7-12(17)9-13(18)8-11/h7-10H,3-6H2,1-2H3,(H2,19,20). The molecule has 0 aliphatic rings. The van der Waals surface area contributed by atoms with Crippen molar-refractivity contribution in [2.24, 2.45) is 0 Å². The summed E-state index contributed by atoms with van der Waals surface area (Å²) in [5.41, 5.74) is 6.74. The molecule has 0 spiro atoms. The summed E-state index contributed by atoms with van der Waals surface area (Å²) in [5, 5.41) is 3.80. The first kappa shape index (κ1) is 15.5. The van der Waals surface area contributed by atoms with Crippen molar-refractivity contribution in [3.05, 3.63) is 35.6 Å². The van der Waals surface area contributed by atoms with E-state index in [1.807, 2.05) is 0 Å². The van der Waals surface area contributed by atoms with E-state index < -0.39 is 11.6 Å². The highest BCUT2D eigenvalue weighted by Gasteiger charge is 2.24. The first-order valence-electron chi connectivity index (χ1n) is 7.28. The summed E-state index contributed by atoms with van der Waals surface area (Å²) in [6.45, 7) is 4.17. The smallest absolute Gasteiger partial charge is 0.175 e. The summed E-state index contributed by atoms with van der Waals surface area (Å²) in [5.74, 6) is -0.322. The molecule has 114 valence electrons. The second-order valence-corrected chi connectivity index (χ2v) is 5.24. The van der Waals surface area contributed by atoms with Crippen LogP contribution in [0.1, 0.15) is 51.2 Å². The third-order valence-electron chi connectivity index (χ3n) is 3.54. The van der Waals surface area contributed by atoms with Gasteiger partial charge in [0.05, 0.1) is 5.56 Å². The number of halogens is 2. The maximum Gasteiger partial charge on any atom is 0.175 e. The molecule has 0 saturated heterocycles. The Morgan fingerprint density at radius 3 is 2.19 bits per heavy atom. The van der Waals surface area contributed by atoms with Gasteiger partial charge in [0.1, 0.15) is 17.4 Å². The molecule has 0 aliphatic carbocycles. The van der Waals surface area contributed by atoms with Crippen LogP contribution < -0.4 is 5.73 Å². The number of anilines is 1. The lowest BCUT2D eigenvalue weighted by atomic mass is 9.91. The molecular formula is C16H20F2N2O. The first-order chi connectivity index (χ1) is 10.1. The Morgan fingerprint density at radius 1 is 1.10 bits per heavy atom. The second-order valence-electron chi connectivity index (χ2n) is 5.24. The maximum absolute atomic E-state index is 13.4. The number of hydrogen-bond acceptors (Lipinski definition) is 3. The lowest BCUT2D eigenvalue weighted by Gasteiger charge is -2.14. The van der Waals surface area contributed by atoms with E-state index in [4.69, 9.17) is 10.3 Å². The molecule has 2 N–H and O–H groups in total. The molecule has 1 aromatic carbocycles. The average Bonchev–Trinajstić information content (AvgIpc) is 2.79. The topological polar surface area (TPSA) is 52.0 Å². The zero-order valence-electron chi connectivity index (χ0n) is 12.3. The number of nitrogens with two attached hydrogens (primary N) is 1. The number of nitrogen functional groups attached to an aromatic ring is 1. The molecule has 0 bridgehead atoms. The second kappa shape index (κ2) is 6.70. The number of benzene rings is 1. The van der Waals surface area contributed by atoms with Gasteiger partial charge < -0.3 is 10.3 Å². The predicted molar refractivity (Wildman–Crippen MR) is 78.8 cm³/mol. The molecule has 2 aromatic rings. The van der Waals surface area contributed by atoms with Gasteiger partial charge in [0.15, 0.2) is 5.82 Å². The van der Waals surface area contributed by atoms with Crippen LogP contribution in [-0.2, 0) is 0 Å². The number of nitrogens with zero attached hydrogens (tertiary/aromatic N) is 1. The minimum atomic E-state index is -0.640.